The fourth-order valence-corrected chi connectivity index (χ4v) is 2.33. The summed E-state index contributed by atoms with van der Waals surface area (Å²) >= 11 is 1.86. The highest BCUT2D eigenvalue weighted by molar-refractivity contribution is 7.98. The maximum atomic E-state index is 5.69. The SMILES string of the molecule is CC(C)CSCc1nc(N)nc(C2CC2)n1. The number of hydrogen-bond acceptors (Lipinski definition) is 5. The second kappa shape index (κ2) is 4.99. The molecule has 16 heavy (non-hydrogen) atoms. The quantitative estimate of drug-likeness (QED) is 0.852. The molecule has 88 valence electrons. The van der Waals surface area contributed by atoms with Crippen LogP contribution in [0.25, 0.3) is 0 Å². The number of nitrogen functional groups attached to an aromatic ring is 1. The minimum Gasteiger partial charge on any atom is -0.368 e. The van der Waals surface area contributed by atoms with Crippen molar-refractivity contribution in [2.24, 2.45) is 5.92 Å². The molecule has 0 atom stereocenters. The highest BCUT2D eigenvalue weighted by atomic mass is 32.2. The van der Waals surface area contributed by atoms with E-state index < -0.39 is 0 Å². The molecule has 0 unspecified atom stereocenters. The first-order chi connectivity index (χ1) is 7.65. The van der Waals surface area contributed by atoms with E-state index in [9.17, 15) is 0 Å². The molecule has 2 N–H and O–H groups in total. The molecule has 1 fully saturated rings. The fraction of sp³-hybridized carbons (Fsp3) is 0.727. The number of nitrogens with two attached hydrogens (primary N) is 1. The molecular weight excluding hydrogens is 220 g/mol. The number of thioether (sulfide) groups is 1. The third-order valence-electron chi connectivity index (χ3n) is 2.34. The molecule has 1 aliphatic carbocycles. The Hall–Kier alpha value is -0.840. The van der Waals surface area contributed by atoms with Crippen LogP contribution >= 0.6 is 11.8 Å². The summed E-state index contributed by atoms with van der Waals surface area (Å²) in [6, 6.07) is 0. The Kier molecular flexibility index (Phi) is 3.63. The Morgan fingerprint density at radius 3 is 2.69 bits per heavy atom. The average Bonchev–Trinajstić information content (AvgIpc) is 2.99. The van der Waals surface area contributed by atoms with E-state index in [0.29, 0.717) is 17.8 Å². The molecule has 4 nitrogen and oxygen atoms in total. The number of hydrogen-bond donors (Lipinski definition) is 1. The van der Waals surface area contributed by atoms with Gasteiger partial charge >= 0.3 is 0 Å². The predicted molar refractivity (Wildman–Crippen MR) is 67.2 cm³/mol. The largest absolute Gasteiger partial charge is 0.368 e. The first-order valence-electron chi connectivity index (χ1n) is 5.73. The van der Waals surface area contributed by atoms with E-state index in [1.165, 1.54) is 12.8 Å². The molecule has 1 saturated carbocycles. The van der Waals surface area contributed by atoms with Gasteiger partial charge < -0.3 is 5.73 Å². The van der Waals surface area contributed by atoms with Gasteiger partial charge in [-0.25, -0.2) is 4.98 Å². The average molecular weight is 238 g/mol. The topological polar surface area (TPSA) is 64.7 Å². The Labute approximate surface area is 100 Å². The molecule has 0 spiro atoms. The molecular formula is C11H18N4S. The van der Waals surface area contributed by atoms with Crippen LogP contribution in [0.2, 0.25) is 0 Å². The number of anilines is 1. The van der Waals surface area contributed by atoms with Gasteiger partial charge in [-0.05, 0) is 24.5 Å². The summed E-state index contributed by atoms with van der Waals surface area (Å²) in [7, 11) is 0. The summed E-state index contributed by atoms with van der Waals surface area (Å²) in [5, 5.41) is 0. The smallest absolute Gasteiger partial charge is 0.223 e. The van der Waals surface area contributed by atoms with Crippen LogP contribution < -0.4 is 5.73 Å². The maximum absolute atomic E-state index is 5.69. The van der Waals surface area contributed by atoms with Crippen LogP contribution in [-0.2, 0) is 5.75 Å². The molecule has 0 amide bonds. The minimum absolute atomic E-state index is 0.372. The van der Waals surface area contributed by atoms with E-state index in [4.69, 9.17) is 5.73 Å². The number of nitrogens with zero attached hydrogens (tertiary/aromatic N) is 3. The molecule has 0 aliphatic heterocycles. The van der Waals surface area contributed by atoms with Crippen LogP contribution in [0.5, 0.6) is 0 Å². The fourth-order valence-electron chi connectivity index (χ4n) is 1.43. The summed E-state index contributed by atoms with van der Waals surface area (Å²) in [5.41, 5.74) is 5.69. The molecule has 0 radical (unpaired) electrons. The summed E-state index contributed by atoms with van der Waals surface area (Å²) in [6.45, 7) is 4.43. The van der Waals surface area contributed by atoms with Crippen LogP contribution in [0, 0.1) is 5.92 Å². The molecule has 0 aromatic carbocycles. The van der Waals surface area contributed by atoms with E-state index in [1.807, 2.05) is 11.8 Å². The summed E-state index contributed by atoms with van der Waals surface area (Å²) in [5.74, 6) is 5.31. The molecule has 1 aromatic heterocycles. The van der Waals surface area contributed by atoms with Crippen LogP contribution in [-0.4, -0.2) is 20.7 Å². The highest BCUT2D eigenvalue weighted by Gasteiger charge is 2.27. The number of rotatable bonds is 5. The minimum atomic E-state index is 0.372. The molecule has 1 aliphatic rings. The zero-order chi connectivity index (χ0) is 11.5. The van der Waals surface area contributed by atoms with Gasteiger partial charge in [-0.3, -0.25) is 0 Å². The maximum Gasteiger partial charge on any atom is 0.223 e. The Morgan fingerprint density at radius 1 is 1.31 bits per heavy atom. The lowest BCUT2D eigenvalue weighted by Crippen LogP contribution is -2.06. The van der Waals surface area contributed by atoms with Crippen molar-refractivity contribution in [3.63, 3.8) is 0 Å². The van der Waals surface area contributed by atoms with Crippen molar-refractivity contribution in [3.8, 4) is 0 Å². The van der Waals surface area contributed by atoms with Gasteiger partial charge in [0.05, 0.1) is 5.75 Å². The van der Waals surface area contributed by atoms with Gasteiger partial charge in [0.2, 0.25) is 5.95 Å². The van der Waals surface area contributed by atoms with Gasteiger partial charge in [-0.1, -0.05) is 13.8 Å². The van der Waals surface area contributed by atoms with Gasteiger partial charge in [0.25, 0.3) is 0 Å². The zero-order valence-electron chi connectivity index (χ0n) is 9.81. The molecule has 5 heteroatoms. The molecule has 2 rings (SSSR count). The zero-order valence-corrected chi connectivity index (χ0v) is 10.6. The third-order valence-corrected chi connectivity index (χ3v) is 3.71. The lowest BCUT2D eigenvalue weighted by molar-refractivity contribution is 0.749. The van der Waals surface area contributed by atoms with Crippen LogP contribution in [0.4, 0.5) is 5.95 Å². The predicted octanol–water partition coefficient (Wildman–Crippen LogP) is 2.22. The first-order valence-corrected chi connectivity index (χ1v) is 6.88. The van der Waals surface area contributed by atoms with Crippen molar-refractivity contribution in [2.45, 2.75) is 38.4 Å². The van der Waals surface area contributed by atoms with E-state index in [-0.39, 0.29) is 0 Å². The normalized spacial score (nSPS) is 15.7. The molecule has 0 bridgehead atoms. The Bertz CT molecular complexity index is 363. The Balaban J connectivity index is 1.97. The Morgan fingerprint density at radius 2 is 2.06 bits per heavy atom. The van der Waals surface area contributed by atoms with Crippen LogP contribution in [0.3, 0.4) is 0 Å². The monoisotopic (exact) mass is 238 g/mol. The number of aromatic nitrogens is 3. The van der Waals surface area contributed by atoms with Crippen molar-refractivity contribution in [2.75, 3.05) is 11.5 Å². The third kappa shape index (κ3) is 3.33. The first kappa shape index (κ1) is 11.6. The van der Waals surface area contributed by atoms with E-state index >= 15 is 0 Å². The van der Waals surface area contributed by atoms with Gasteiger partial charge in [0.1, 0.15) is 11.6 Å². The van der Waals surface area contributed by atoms with Gasteiger partial charge in [-0.15, -0.1) is 0 Å². The van der Waals surface area contributed by atoms with Crippen molar-refractivity contribution in [3.05, 3.63) is 11.6 Å². The molecule has 1 aromatic rings. The van der Waals surface area contributed by atoms with Gasteiger partial charge in [0.15, 0.2) is 0 Å². The van der Waals surface area contributed by atoms with E-state index in [2.05, 4.69) is 28.8 Å². The second-order valence-corrected chi connectivity index (χ2v) is 5.68. The standard InChI is InChI=1S/C11H18N4S/c1-7(2)5-16-6-9-13-10(8-3-4-8)15-11(12)14-9/h7-8H,3-6H2,1-2H3,(H2,12,13,14,15). The summed E-state index contributed by atoms with van der Waals surface area (Å²) in [4.78, 5) is 12.8. The lowest BCUT2D eigenvalue weighted by atomic mass is 10.3. The lowest BCUT2D eigenvalue weighted by Gasteiger charge is -2.05. The molecule has 0 saturated heterocycles. The molecule has 1 heterocycles. The van der Waals surface area contributed by atoms with Crippen molar-refractivity contribution in [1.82, 2.24) is 15.0 Å². The summed E-state index contributed by atoms with van der Waals surface area (Å²) < 4.78 is 0. The van der Waals surface area contributed by atoms with Crippen molar-refractivity contribution >= 4 is 17.7 Å². The van der Waals surface area contributed by atoms with Gasteiger partial charge in [-0.2, -0.15) is 21.7 Å². The van der Waals surface area contributed by atoms with Gasteiger partial charge in [0, 0.05) is 5.92 Å². The van der Waals surface area contributed by atoms with Crippen LogP contribution in [0.15, 0.2) is 0 Å². The van der Waals surface area contributed by atoms with E-state index in [0.717, 1.165) is 23.2 Å². The van der Waals surface area contributed by atoms with Crippen molar-refractivity contribution < 1.29 is 0 Å². The van der Waals surface area contributed by atoms with E-state index in [1.54, 1.807) is 0 Å². The van der Waals surface area contributed by atoms with Crippen LogP contribution in [0.1, 0.15) is 44.3 Å². The second-order valence-electron chi connectivity index (χ2n) is 4.65. The highest BCUT2D eigenvalue weighted by Crippen LogP contribution is 2.38. The summed E-state index contributed by atoms with van der Waals surface area (Å²) in [6.07, 6.45) is 2.39. The van der Waals surface area contributed by atoms with Crippen molar-refractivity contribution in [1.29, 1.82) is 0 Å².